The second-order valence-corrected chi connectivity index (χ2v) is 7.74. The molecule has 0 saturated carbocycles. The van der Waals surface area contributed by atoms with Crippen molar-refractivity contribution in [1.29, 1.82) is 0 Å². The van der Waals surface area contributed by atoms with Gasteiger partial charge in [-0.05, 0) is 24.6 Å². The maximum absolute atomic E-state index is 13.5. The molecule has 2 aromatic rings. The molecule has 0 N–H and O–H groups in total. The molecule has 1 unspecified atom stereocenters. The van der Waals surface area contributed by atoms with Crippen LogP contribution in [0.2, 0.25) is 0 Å². The Balaban J connectivity index is 1.92. The number of esters is 1. The number of imide groups is 1. The second kappa shape index (κ2) is 9.24. The largest absolute Gasteiger partial charge is 0.458 e. The van der Waals surface area contributed by atoms with Gasteiger partial charge in [-0.2, -0.15) is 0 Å². The van der Waals surface area contributed by atoms with Crippen LogP contribution in [-0.4, -0.2) is 52.8 Å². The molecule has 0 aromatic heterocycles. The van der Waals surface area contributed by atoms with Gasteiger partial charge in [0, 0.05) is 30.2 Å². The van der Waals surface area contributed by atoms with Gasteiger partial charge in [0.05, 0.1) is 0 Å². The fourth-order valence-corrected chi connectivity index (χ4v) is 3.47. The molecule has 156 valence electrons. The average molecular weight is 427 g/mol. The fourth-order valence-electron chi connectivity index (χ4n) is 3.42. The van der Waals surface area contributed by atoms with Crippen LogP contribution in [0.5, 0.6) is 0 Å². The SMILES string of the molecule is C=C(Cl)COC(=O)C1(C)C(=O)N(C(=O)c2ccccc2)CCN1Cc1ccccc1. The Hall–Kier alpha value is -2.96. The number of benzene rings is 2. The number of halogens is 1. The summed E-state index contributed by atoms with van der Waals surface area (Å²) in [6, 6.07) is 18.0. The number of amides is 2. The summed E-state index contributed by atoms with van der Waals surface area (Å²) in [6.45, 7) is 5.64. The van der Waals surface area contributed by atoms with Crippen molar-refractivity contribution in [1.82, 2.24) is 9.80 Å². The minimum absolute atomic E-state index is 0.141. The van der Waals surface area contributed by atoms with Gasteiger partial charge >= 0.3 is 5.97 Å². The molecule has 1 heterocycles. The van der Waals surface area contributed by atoms with Crippen LogP contribution in [0, 0.1) is 0 Å². The van der Waals surface area contributed by atoms with E-state index in [1.807, 2.05) is 30.3 Å². The first-order valence-electron chi connectivity index (χ1n) is 9.55. The second-order valence-electron chi connectivity index (χ2n) is 7.20. The molecule has 1 fully saturated rings. The van der Waals surface area contributed by atoms with Gasteiger partial charge in [0.1, 0.15) is 6.61 Å². The zero-order valence-electron chi connectivity index (χ0n) is 16.7. The van der Waals surface area contributed by atoms with Crippen LogP contribution in [0.25, 0.3) is 0 Å². The quantitative estimate of drug-likeness (QED) is 0.403. The van der Waals surface area contributed by atoms with Crippen LogP contribution in [0.1, 0.15) is 22.8 Å². The van der Waals surface area contributed by atoms with Gasteiger partial charge in [0.15, 0.2) is 5.54 Å². The van der Waals surface area contributed by atoms with Gasteiger partial charge in [-0.1, -0.05) is 66.7 Å². The molecule has 3 rings (SSSR count). The number of piperazine rings is 1. The first-order chi connectivity index (χ1) is 14.3. The highest BCUT2D eigenvalue weighted by Crippen LogP contribution is 2.28. The molecule has 0 radical (unpaired) electrons. The predicted molar refractivity (Wildman–Crippen MR) is 114 cm³/mol. The number of hydrogen-bond acceptors (Lipinski definition) is 5. The highest BCUT2D eigenvalue weighted by Gasteiger charge is 2.54. The Morgan fingerprint density at radius 3 is 2.27 bits per heavy atom. The molecule has 0 aliphatic carbocycles. The summed E-state index contributed by atoms with van der Waals surface area (Å²) in [5.41, 5.74) is -0.355. The molecule has 1 aliphatic rings. The lowest BCUT2D eigenvalue weighted by Gasteiger charge is -2.45. The summed E-state index contributed by atoms with van der Waals surface area (Å²) in [6.07, 6.45) is 0. The van der Waals surface area contributed by atoms with E-state index in [1.165, 1.54) is 6.92 Å². The maximum atomic E-state index is 13.5. The van der Waals surface area contributed by atoms with E-state index in [1.54, 1.807) is 35.2 Å². The van der Waals surface area contributed by atoms with Gasteiger partial charge in [0.25, 0.3) is 11.8 Å². The monoisotopic (exact) mass is 426 g/mol. The zero-order valence-corrected chi connectivity index (χ0v) is 17.5. The summed E-state index contributed by atoms with van der Waals surface area (Å²) in [5, 5.41) is 0.141. The zero-order chi connectivity index (χ0) is 21.7. The standard InChI is InChI=1S/C23H23ClN2O4/c1-17(24)16-30-22(29)23(2)21(28)26(20(27)19-11-7-4-8-12-19)14-13-25(23)15-18-9-5-3-6-10-18/h3-12H,1,13-16H2,2H3. The van der Waals surface area contributed by atoms with Crippen LogP contribution in [0.3, 0.4) is 0 Å². The van der Waals surface area contributed by atoms with Gasteiger partial charge in [-0.3, -0.25) is 19.4 Å². The number of hydrogen-bond donors (Lipinski definition) is 0. The summed E-state index contributed by atoms with van der Waals surface area (Å²) < 4.78 is 5.25. The lowest BCUT2D eigenvalue weighted by molar-refractivity contribution is -0.169. The first kappa shape index (κ1) is 21.7. The average Bonchev–Trinajstić information content (AvgIpc) is 2.76. The third-order valence-corrected chi connectivity index (χ3v) is 5.24. The Morgan fingerprint density at radius 2 is 1.67 bits per heavy atom. The van der Waals surface area contributed by atoms with Crippen molar-refractivity contribution in [3.05, 3.63) is 83.4 Å². The molecular formula is C23H23ClN2O4. The van der Waals surface area contributed by atoms with E-state index >= 15 is 0 Å². The summed E-state index contributed by atoms with van der Waals surface area (Å²) in [5.74, 6) is -1.83. The van der Waals surface area contributed by atoms with Crippen molar-refractivity contribution >= 4 is 29.4 Å². The van der Waals surface area contributed by atoms with Crippen molar-refractivity contribution in [2.45, 2.75) is 19.0 Å². The highest BCUT2D eigenvalue weighted by molar-refractivity contribution is 6.29. The lowest BCUT2D eigenvalue weighted by atomic mass is 9.93. The molecule has 2 aromatic carbocycles. The van der Waals surface area contributed by atoms with E-state index in [4.69, 9.17) is 16.3 Å². The summed E-state index contributed by atoms with van der Waals surface area (Å²) in [7, 11) is 0. The Kier molecular flexibility index (Phi) is 6.70. The fraction of sp³-hybridized carbons (Fsp3) is 0.261. The predicted octanol–water partition coefficient (Wildman–Crippen LogP) is 3.23. The van der Waals surface area contributed by atoms with Crippen molar-refractivity contribution in [3.63, 3.8) is 0 Å². The molecule has 30 heavy (non-hydrogen) atoms. The molecule has 0 bridgehead atoms. The smallest absolute Gasteiger partial charge is 0.336 e. The van der Waals surface area contributed by atoms with Crippen LogP contribution >= 0.6 is 11.6 Å². The minimum atomic E-state index is -1.68. The normalized spacial score (nSPS) is 19.4. The number of carbonyl (C=O) groups is 3. The minimum Gasteiger partial charge on any atom is -0.458 e. The molecule has 7 heteroatoms. The third kappa shape index (κ3) is 4.45. The molecule has 6 nitrogen and oxygen atoms in total. The Morgan fingerprint density at radius 1 is 1.07 bits per heavy atom. The van der Waals surface area contributed by atoms with Crippen LogP contribution in [0.15, 0.2) is 72.3 Å². The maximum Gasteiger partial charge on any atom is 0.336 e. The third-order valence-electron chi connectivity index (χ3n) is 5.13. The van der Waals surface area contributed by atoms with E-state index in [0.29, 0.717) is 18.7 Å². The van der Waals surface area contributed by atoms with Crippen molar-refractivity contribution in [2.75, 3.05) is 19.7 Å². The van der Waals surface area contributed by atoms with Crippen molar-refractivity contribution in [3.8, 4) is 0 Å². The molecule has 0 spiro atoms. The van der Waals surface area contributed by atoms with E-state index in [0.717, 1.165) is 10.5 Å². The molecular weight excluding hydrogens is 404 g/mol. The van der Waals surface area contributed by atoms with Gasteiger partial charge < -0.3 is 4.74 Å². The van der Waals surface area contributed by atoms with E-state index < -0.39 is 23.3 Å². The summed E-state index contributed by atoms with van der Waals surface area (Å²) >= 11 is 5.73. The molecule has 1 atom stereocenters. The van der Waals surface area contributed by atoms with Crippen molar-refractivity contribution < 1.29 is 19.1 Å². The summed E-state index contributed by atoms with van der Waals surface area (Å²) in [4.78, 5) is 42.3. The van der Waals surface area contributed by atoms with E-state index in [2.05, 4.69) is 6.58 Å². The molecule has 1 aliphatic heterocycles. The van der Waals surface area contributed by atoms with Crippen molar-refractivity contribution in [2.24, 2.45) is 0 Å². The van der Waals surface area contributed by atoms with E-state index in [9.17, 15) is 14.4 Å². The number of rotatable bonds is 6. The van der Waals surface area contributed by atoms with Gasteiger partial charge in [-0.25, -0.2) is 4.79 Å². The van der Waals surface area contributed by atoms with E-state index in [-0.39, 0.29) is 18.2 Å². The van der Waals surface area contributed by atoms with Crippen LogP contribution < -0.4 is 0 Å². The topological polar surface area (TPSA) is 66.9 Å². The molecule has 1 saturated heterocycles. The van der Waals surface area contributed by atoms with Gasteiger partial charge in [0.2, 0.25) is 0 Å². The van der Waals surface area contributed by atoms with Gasteiger partial charge in [-0.15, -0.1) is 0 Å². The van der Waals surface area contributed by atoms with Crippen LogP contribution in [-0.2, 0) is 20.9 Å². The number of ether oxygens (including phenoxy) is 1. The Bertz CT molecular complexity index is 948. The Labute approximate surface area is 180 Å². The first-order valence-corrected chi connectivity index (χ1v) is 9.92. The lowest BCUT2D eigenvalue weighted by Crippen LogP contribution is -2.69. The highest BCUT2D eigenvalue weighted by atomic mass is 35.5. The van der Waals surface area contributed by atoms with Crippen LogP contribution in [0.4, 0.5) is 0 Å². The molecule has 2 amide bonds. The number of carbonyl (C=O) groups excluding carboxylic acids is 3. The number of nitrogens with zero attached hydrogens (tertiary/aromatic N) is 2.